The summed E-state index contributed by atoms with van der Waals surface area (Å²) in [6.07, 6.45) is 0. The average Bonchev–Trinajstić information content (AvgIpc) is 2.50. The molecule has 4 heteroatoms. The lowest BCUT2D eigenvalue weighted by Crippen LogP contribution is -2.12. The molecule has 1 aromatic heterocycles. The summed E-state index contributed by atoms with van der Waals surface area (Å²) in [5, 5.41) is 5.26. The third-order valence-electron chi connectivity index (χ3n) is 1.45. The second-order valence-corrected chi connectivity index (χ2v) is 2.99. The zero-order valence-corrected chi connectivity index (χ0v) is 8.28. The van der Waals surface area contributed by atoms with Crippen LogP contribution in [0.3, 0.4) is 0 Å². The van der Waals surface area contributed by atoms with Gasteiger partial charge in [0.15, 0.2) is 0 Å². The van der Waals surface area contributed by atoms with Crippen LogP contribution in [0.1, 0.15) is 19.4 Å². The van der Waals surface area contributed by atoms with Crippen LogP contribution >= 0.6 is 11.5 Å². The third kappa shape index (κ3) is 2.46. The van der Waals surface area contributed by atoms with Gasteiger partial charge in [0.05, 0.1) is 6.61 Å². The van der Waals surface area contributed by atoms with Crippen molar-refractivity contribution in [2.75, 3.05) is 13.2 Å². The van der Waals surface area contributed by atoms with E-state index in [1.165, 1.54) is 11.5 Å². The summed E-state index contributed by atoms with van der Waals surface area (Å²) in [7, 11) is 0. The molecular weight excluding hydrogens is 172 g/mol. The lowest BCUT2D eigenvalue weighted by atomic mass is 10.3. The summed E-state index contributed by atoms with van der Waals surface area (Å²) in [6, 6.07) is 0. The van der Waals surface area contributed by atoms with Crippen molar-refractivity contribution in [3.63, 3.8) is 0 Å². The summed E-state index contributed by atoms with van der Waals surface area (Å²) in [6.45, 7) is 6.56. The lowest BCUT2D eigenvalue weighted by Gasteiger charge is -2.02. The molecule has 1 aromatic rings. The van der Waals surface area contributed by atoms with E-state index in [9.17, 15) is 0 Å². The minimum absolute atomic E-state index is 0.683. The van der Waals surface area contributed by atoms with Gasteiger partial charge in [-0.2, -0.15) is 4.37 Å². The molecule has 3 nitrogen and oxygen atoms in total. The maximum Gasteiger partial charge on any atom is 0.229 e. The monoisotopic (exact) mass is 186 g/mol. The van der Waals surface area contributed by atoms with Gasteiger partial charge < -0.3 is 10.1 Å². The molecule has 0 unspecified atom stereocenters. The highest BCUT2D eigenvalue weighted by molar-refractivity contribution is 7.03. The van der Waals surface area contributed by atoms with E-state index in [0.717, 1.165) is 24.5 Å². The minimum Gasteiger partial charge on any atom is -0.477 e. The van der Waals surface area contributed by atoms with Crippen molar-refractivity contribution in [3.05, 3.63) is 10.9 Å². The fraction of sp³-hybridized carbons (Fsp3) is 0.625. The Morgan fingerprint density at radius 3 is 3.08 bits per heavy atom. The van der Waals surface area contributed by atoms with E-state index >= 15 is 0 Å². The molecule has 12 heavy (non-hydrogen) atoms. The summed E-state index contributed by atoms with van der Waals surface area (Å²) in [5.74, 6) is 0.781. The first-order valence-electron chi connectivity index (χ1n) is 4.15. The molecule has 0 saturated heterocycles. The Hall–Kier alpha value is -0.610. The van der Waals surface area contributed by atoms with Crippen LogP contribution in [0.5, 0.6) is 5.88 Å². The van der Waals surface area contributed by atoms with Crippen LogP contribution in [-0.4, -0.2) is 17.5 Å². The van der Waals surface area contributed by atoms with E-state index in [4.69, 9.17) is 4.74 Å². The van der Waals surface area contributed by atoms with E-state index in [0.29, 0.717) is 6.61 Å². The Morgan fingerprint density at radius 2 is 2.42 bits per heavy atom. The van der Waals surface area contributed by atoms with Gasteiger partial charge in [0.1, 0.15) is 0 Å². The van der Waals surface area contributed by atoms with Gasteiger partial charge in [-0.15, -0.1) is 0 Å². The van der Waals surface area contributed by atoms with Gasteiger partial charge in [-0.25, -0.2) is 0 Å². The van der Waals surface area contributed by atoms with Crippen molar-refractivity contribution in [2.24, 2.45) is 0 Å². The molecule has 0 aliphatic carbocycles. The Morgan fingerprint density at radius 1 is 1.58 bits per heavy atom. The number of hydrogen-bond acceptors (Lipinski definition) is 4. The van der Waals surface area contributed by atoms with Gasteiger partial charge in [-0.3, -0.25) is 0 Å². The van der Waals surface area contributed by atoms with E-state index in [2.05, 4.69) is 16.6 Å². The largest absolute Gasteiger partial charge is 0.477 e. The van der Waals surface area contributed by atoms with Gasteiger partial charge in [0.2, 0.25) is 5.88 Å². The molecular formula is C8H14N2OS. The standard InChI is InChI=1S/C8H14N2OS/c1-3-9-5-7-6-12-10-8(7)11-4-2/h6,9H,3-5H2,1-2H3. The third-order valence-corrected chi connectivity index (χ3v) is 2.11. The molecule has 0 aliphatic heterocycles. The fourth-order valence-electron chi connectivity index (χ4n) is 0.880. The zero-order valence-electron chi connectivity index (χ0n) is 7.46. The Kier molecular flexibility index (Phi) is 4.04. The Bertz CT molecular complexity index is 225. The molecule has 0 aliphatic rings. The first-order chi connectivity index (χ1) is 5.88. The number of hydrogen-bond donors (Lipinski definition) is 1. The maximum atomic E-state index is 5.33. The first-order valence-corrected chi connectivity index (χ1v) is 4.98. The fourth-order valence-corrected chi connectivity index (χ4v) is 1.51. The van der Waals surface area contributed by atoms with E-state index in [1.54, 1.807) is 0 Å². The molecule has 1 N–H and O–H groups in total. The van der Waals surface area contributed by atoms with Crippen LogP contribution < -0.4 is 10.1 Å². The van der Waals surface area contributed by atoms with Gasteiger partial charge >= 0.3 is 0 Å². The summed E-state index contributed by atoms with van der Waals surface area (Å²) in [5.41, 5.74) is 1.16. The van der Waals surface area contributed by atoms with Crippen molar-refractivity contribution in [1.82, 2.24) is 9.69 Å². The normalized spacial score (nSPS) is 10.2. The second kappa shape index (κ2) is 5.11. The molecule has 0 amide bonds. The smallest absolute Gasteiger partial charge is 0.229 e. The number of rotatable bonds is 5. The minimum atomic E-state index is 0.683. The van der Waals surface area contributed by atoms with E-state index < -0.39 is 0 Å². The molecule has 0 fully saturated rings. The highest BCUT2D eigenvalue weighted by Gasteiger charge is 2.04. The molecule has 0 bridgehead atoms. The molecule has 0 spiro atoms. The van der Waals surface area contributed by atoms with Crippen molar-refractivity contribution in [3.8, 4) is 5.88 Å². The first kappa shape index (κ1) is 9.48. The van der Waals surface area contributed by atoms with Gasteiger partial charge in [0.25, 0.3) is 0 Å². The van der Waals surface area contributed by atoms with E-state index in [-0.39, 0.29) is 0 Å². The summed E-state index contributed by atoms with van der Waals surface area (Å²) >= 11 is 1.44. The van der Waals surface area contributed by atoms with Gasteiger partial charge in [-0.05, 0) is 25.0 Å². The molecule has 68 valence electrons. The Balaban J connectivity index is 2.51. The van der Waals surface area contributed by atoms with Crippen LogP contribution in [0.2, 0.25) is 0 Å². The van der Waals surface area contributed by atoms with Crippen molar-refractivity contribution in [2.45, 2.75) is 20.4 Å². The number of ether oxygens (including phenoxy) is 1. The van der Waals surface area contributed by atoms with Crippen molar-refractivity contribution in [1.29, 1.82) is 0 Å². The highest BCUT2D eigenvalue weighted by Crippen LogP contribution is 2.18. The van der Waals surface area contributed by atoms with Crippen LogP contribution in [0.15, 0.2) is 5.38 Å². The molecule has 0 aromatic carbocycles. The number of aromatic nitrogens is 1. The van der Waals surface area contributed by atoms with Crippen LogP contribution in [0, 0.1) is 0 Å². The number of nitrogens with zero attached hydrogens (tertiary/aromatic N) is 1. The van der Waals surface area contributed by atoms with Gasteiger partial charge in [0, 0.05) is 17.5 Å². The maximum absolute atomic E-state index is 5.33. The second-order valence-electron chi connectivity index (χ2n) is 2.36. The lowest BCUT2D eigenvalue weighted by molar-refractivity contribution is 0.326. The van der Waals surface area contributed by atoms with Crippen molar-refractivity contribution >= 4 is 11.5 Å². The quantitative estimate of drug-likeness (QED) is 0.759. The topological polar surface area (TPSA) is 34.2 Å². The average molecular weight is 186 g/mol. The molecule has 0 atom stereocenters. The predicted molar refractivity (Wildman–Crippen MR) is 50.7 cm³/mol. The molecule has 0 radical (unpaired) electrons. The summed E-state index contributed by atoms with van der Waals surface area (Å²) in [4.78, 5) is 0. The Labute approximate surface area is 76.9 Å². The number of nitrogens with one attached hydrogen (secondary N) is 1. The highest BCUT2D eigenvalue weighted by atomic mass is 32.1. The van der Waals surface area contributed by atoms with Crippen LogP contribution in [0.25, 0.3) is 0 Å². The van der Waals surface area contributed by atoms with Crippen molar-refractivity contribution < 1.29 is 4.74 Å². The SMILES string of the molecule is CCNCc1csnc1OCC. The molecule has 1 rings (SSSR count). The van der Waals surface area contributed by atoms with Crippen LogP contribution in [0.4, 0.5) is 0 Å². The van der Waals surface area contributed by atoms with Gasteiger partial charge in [-0.1, -0.05) is 6.92 Å². The van der Waals surface area contributed by atoms with E-state index in [1.807, 2.05) is 12.3 Å². The summed E-state index contributed by atoms with van der Waals surface area (Å²) < 4.78 is 9.47. The van der Waals surface area contributed by atoms with Crippen LogP contribution in [-0.2, 0) is 6.54 Å². The molecule has 1 heterocycles. The predicted octanol–water partition coefficient (Wildman–Crippen LogP) is 1.65. The zero-order chi connectivity index (χ0) is 8.81. The molecule has 0 saturated carbocycles.